The third-order valence-corrected chi connectivity index (χ3v) is 1.66. The van der Waals surface area contributed by atoms with Gasteiger partial charge in [0.15, 0.2) is 0 Å². The van der Waals surface area contributed by atoms with Crippen LogP contribution in [0.4, 0.5) is 0 Å². The smallest absolute Gasteiger partial charge is 0.115 e. The topological polar surface area (TPSA) is 51.8 Å². The van der Waals surface area contributed by atoms with Crippen LogP contribution in [0.3, 0.4) is 0 Å². The first-order valence-corrected chi connectivity index (χ1v) is 3.83. The number of hydrogen-bond donors (Lipinski definition) is 1. The first kappa shape index (κ1) is 7.56. The van der Waals surface area contributed by atoms with Crippen molar-refractivity contribution in [3.63, 3.8) is 0 Å². The molecule has 0 amide bonds. The van der Waals surface area contributed by atoms with Crippen LogP contribution in [-0.4, -0.2) is 9.97 Å². The predicted octanol–water partition coefficient (Wildman–Crippen LogP) is 0.898. The minimum atomic E-state index is 0.669. The summed E-state index contributed by atoms with van der Waals surface area (Å²) in [6, 6.07) is 9.73. The Morgan fingerprint density at radius 2 is 2.08 bits per heavy atom. The quantitative estimate of drug-likeness (QED) is 0.471. The van der Waals surface area contributed by atoms with Gasteiger partial charge in [-0.15, -0.1) is 0 Å². The van der Waals surface area contributed by atoms with Crippen LogP contribution < -0.4 is 5.73 Å². The number of nitrogens with two attached hydrogens (primary N) is 1. The molecule has 0 saturated carbocycles. The van der Waals surface area contributed by atoms with Crippen molar-refractivity contribution in [1.82, 2.24) is 9.97 Å². The molecule has 0 radical (unpaired) electrons. The maximum absolute atomic E-state index is 5.09. The molecule has 3 nitrogen and oxygen atoms in total. The third-order valence-electron chi connectivity index (χ3n) is 1.66. The molecule has 0 bridgehead atoms. The van der Waals surface area contributed by atoms with Crippen LogP contribution in [-0.2, 0) is 0 Å². The number of pyridine rings is 2. The molecular formula is C10H7N3. The van der Waals surface area contributed by atoms with Gasteiger partial charge in [0.05, 0.1) is 11.0 Å². The number of aromatic nitrogens is 2. The Hall–Kier alpha value is -2.08. The number of fused-ring (bicyclic) bond motifs is 1. The van der Waals surface area contributed by atoms with E-state index < -0.39 is 0 Å². The van der Waals surface area contributed by atoms with Gasteiger partial charge >= 0.3 is 0 Å². The Morgan fingerprint density at radius 1 is 1.15 bits per heavy atom. The zero-order valence-corrected chi connectivity index (χ0v) is 6.86. The fourth-order valence-corrected chi connectivity index (χ4v) is 1.10. The first-order chi connectivity index (χ1) is 6.40. The zero-order valence-electron chi connectivity index (χ0n) is 6.86. The normalized spacial score (nSPS) is 9.23. The average molecular weight is 169 g/mol. The minimum Gasteiger partial charge on any atom is -0.359 e. The van der Waals surface area contributed by atoms with Crippen molar-refractivity contribution in [2.24, 2.45) is 5.73 Å². The van der Waals surface area contributed by atoms with Crippen molar-refractivity contribution in [2.45, 2.75) is 0 Å². The van der Waals surface area contributed by atoms with Gasteiger partial charge in [-0.1, -0.05) is 0 Å². The van der Waals surface area contributed by atoms with Gasteiger partial charge in [0, 0.05) is 12.2 Å². The van der Waals surface area contributed by atoms with E-state index in [-0.39, 0.29) is 0 Å². The summed E-state index contributed by atoms with van der Waals surface area (Å²) in [4.78, 5) is 8.39. The van der Waals surface area contributed by atoms with Crippen molar-refractivity contribution >= 4 is 11.0 Å². The van der Waals surface area contributed by atoms with Crippen LogP contribution in [0.15, 0.2) is 30.5 Å². The fourth-order valence-electron chi connectivity index (χ4n) is 1.10. The highest BCUT2D eigenvalue weighted by molar-refractivity contribution is 5.74. The third kappa shape index (κ3) is 1.42. The van der Waals surface area contributed by atoms with Crippen LogP contribution in [0, 0.1) is 12.0 Å². The van der Waals surface area contributed by atoms with Gasteiger partial charge < -0.3 is 5.73 Å². The summed E-state index contributed by atoms with van der Waals surface area (Å²) in [5, 5.41) is 0. The molecule has 0 unspecified atom stereocenters. The lowest BCUT2D eigenvalue weighted by atomic mass is 10.3. The molecule has 2 heterocycles. The molecule has 3 heteroatoms. The van der Waals surface area contributed by atoms with Gasteiger partial charge in [-0.05, 0) is 30.2 Å². The van der Waals surface area contributed by atoms with Gasteiger partial charge in [-0.2, -0.15) is 0 Å². The van der Waals surface area contributed by atoms with Crippen LogP contribution in [0.1, 0.15) is 5.69 Å². The standard InChI is InChI=1S/C10H7N3/c11-6-5-8-3-4-9-10(13-8)2-1-7-12-9/h1-4,7H,11H2. The van der Waals surface area contributed by atoms with E-state index in [2.05, 4.69) is 21.9 Å². The molecule has 0 spiro atoms. The van der Waals surface area contributed by atoms with E-state index in [1.54, 1.807) is 12.3 Å². The summed E-state index contributed by atoms with van der Waals surface area (Å²) < 4.78 is 0. The lowest BCUT2D eigenvalue weighted by molar-refractivity contribution is 1.31. The molecule has 0 aliphatic heterocycles. The summed E-state index contributed by atoms with van der Waals surface area (Å²) >= 11 is 0. The highest BCUT2D eigenvalue weighted by Gasteiger charge is 1.94. The number of rotatable bonds is 0. The maximum atomic E-state index is 5.09. The molecule has 0 fully saturated rings. The van der Waals surface area contributed by atoms with Crippen LogP contribution in [0.5, 0.6) is 0 Å². The van der Waals surface area contributed by atoms with Crippen LogP contribution in [0.25, 0.3) is 11.0 Å². The van der Waals surface area contributed by atoms with E-state index in [9.17, 15) is 0 Å². The molecule has 13 heavy (non-hydrogen) atoms. The van der Waals surface area contributed by atoms with E-state index in [1.807, 2.05) is 18.2 Å². The van der Waals surface area contributed by atoms with Gasteiger partial charge in [0.1, 0.15) is 5.69 Å². The number of nitrogens with zero attached hydrogens (tertiary/aromatic N) is 2. The summed E-state index contributed by atoms with van der Waals surface area (Å²) in [5.41, 5.74) is 7.46. The van der Waals surface area contributed by atoms with Crippen LogP contribution in [0.2, 0.25) is 0 Å². The van der Waals surface area contributed by atoms with E-state index in [1.165, 1.54) is 0 Å². The monoisotopic (exact) mass is 169 g/mol. The largest absolute Gasteiger partial charge is 0.359 e. The van der Waals surface area contributed by atoms with Crippen molar-refractivity contribution in [1.29, 1.82) is 0 Å². The van der Waals surface area contributed by atoms with Gasteiger partial charge in [-0.25, -0.2) is 4.98 Å². The van der Waals surface area contributed by atoms with Gasteiger partial charge in [0.25, 0.3) is 0 Å². The second-order valence-electron chi connectivity index (χ2n) is 2.51. The van der Waals surface area contributed by atoms with E-state index in [0.29, 0.717) is 5.69 Å². The molecule has 0 saturated heterocycles. The minimum absolute atomic E-state index is 0.669. The molecule has 2 N–H and O–H groups in total. The van der Waals surface area contributed by atoms with Gasteiger partial charge in [0.2, 0.25) is 0 Å². The Kier molecular flexibility index (Phi) is 1.81. The Morgan fingerprint density at radius 3 is 2.92 bits per heavy atom. The van der Waals surface area contributed by atoms with Crippen molar-refractivity contribution in [3.05, 3.63) is 36.2 Å². The fraction of sp³-hybridized carbons (Fsp3) is 0. The molecule has 2 aromatic heterocycles. The Bertz CT molecular complexity index is 494. The lowest BCUT2D eigenvalue weighted by Crippen LogP contribution is -1.87. The van der Waals surface area contributed by atoms with E-state index in [4.69, 9.17) is 5.73 Å². The summed E-state index contributed by atoms with van der Waals surface area (Å²) in [6.45, 7) is 0. The molecule has 0 aromatic carbocycles. The number of hydrogen-bond acceptors (Lipinski definition) is 3. The zero-order chi connectivity index (χ0) is 9.10. The SMILES string of the molecule is NC#Cc1ccc2ncccc2n1. The van der Waals surface area contributed by atoms with Crippen molar-refractivity contribution in [3.8, 4) is 12.0 Å². The van der Waals surface area contributed by atoms with Gasteiger partial charge in [-0.3, -0.25) is 4.98 Å². The Labute approximate surface area is 75.6 Å². The highest BCUT2D eigenvalue weighted by atomic mass is 14.7. The molecule has 0 aliphatic carbocycles. The molecule has 2 aromatic rings. The Balaban J connectivity index is 2.66. The lowest BCUT2D eigenvalue weighted by Gasteiger charge is -1.94. The van der Waals surface area contributed by atoms with E-state index >= 15 is 0 Å². The van der Waals surface area contributed by atoms with E-state index in [0.717, 1.165) is 11.0 Å². The second kappa shape index (κ2) is 3.11. The highest BCUT2D eigenvalue weighted by Crippen LogP contribution is 2.07. The summed E-state index contributed by atoms with van der Waals surface area (Å²) in [7, 11) is 0. The maximum Gasteiger partial charge on any atom is 0.115 e. The van der Waals surface area contributed by atoms with Crippen LogP contribution >= 0.6 is 0 Å². The first-order valence-electron chi connectivity index (χ1n) is 3.83. The molecule has 0 atom stereocenters. The predicted molar refractivity (Wildman–Crippen MR) is 50.6 cm³/mol. The van der Waals surface area contributed by atoms with Crippen molar-refractivity contribution in [2.75, 3.05) is 0 Å². The average Bonchev–Trinajstić information content (AvgIpc) is 2.18. The molecule has 2 rings (SSSR count). The molecule has 62 valence electrons. The van der Waals surface area contributed by atoms with Crippen molar-refractivity contribution < 1.29 is 0 Å². The molecular weight excluding hydrogens is 162 g/mol. The summed E-state index contributed by atoms with van der Waals surface area (Å²) in [6.07, 6.45) is 1.73. The molecule has 0 aliphatic rings. The second-order valence-corrected chi connectivity index (χ2v) is 2.51. The summed E-state index contributed by atoms with van der Waals surface area (Å²) in [5.74, 6) is 2.69.